The number of nitrogens with two attached hydrogens (primary N) is 1. The largest absolute Gasteiger partial charge is 0.391 e. The van der Waals surface area contributed by atoms with Crippen LogP contribution in [0.1, 0.15) is 38.7 Å². The zero-order valence-electron chi connectivity index (χ0n) is 13.2. The second-order valence-corrected chi connectivity index (χ2v) is 5.97. The van der Waals surface area contributed by atoms with E-state index >= 15 is 0 Å². The molecule has 0 bridgehead atoms. The highest BCUT2D eigenvalue weighted by molar-refractivity contribution is 5.99. The number of rotatable bonds is 3. The summed E-state index contributed by atoms with van der Waals surface area (Å²) in [4.78, 5) is 25.4. The lowest BCUT2D eigenvalue weighted by Gasteiger charge is -2.25. The number of nitrogens with zero attached hydrogens (tertiary/aromatic N) is 1. The maximum atomic E-state index is 14.1. The van der Waals surface area contributed by atoms with Gasteiger partial charge in [-0.3, -0.25) is 9.59 Å². The predicted molar refractivity (Wildman–Crippen MR) is 85.7 cm³/mol. The number of hydrogen-bond acceptors (Lipinski definition) is 3. The minimum Gasteiger partial charge on any atom is -0.391 e. The van der Waals surface area contributed by atoms with E-state index in [1.165, 1.54) is 29.2 Å². The third-order valence-electron chi connectivity index (χ3n) is 4.25. The smallest absolute Gasteiger partial charge is 0.254 e. The highest BCUT2D eigenvalue weighted by Crippen LogP contribution is 2.35. The lowest BCUT2D eigenvalue weighted by molar-refractivity contribution is 0.0713. The number of hydrogen-bond donors (Lipinski definition) is 2. The van der Waals surface area contributed by atoms with Gasteiger partial charge in [-0.2, -0.15) is 0 Å². The first kappa shape index (κ1) is 17.0. The van der Waals surface area contributed by atoms with Gasteiger partial charge in [0.05, 0.1) is 12.1 Å². The third kappa shape index (κ3) is 3.36. The Kier molecular flexibility index (Phi) is 4.50. The topological polar surface area (TPSA) is 83.6 Å². The first-order chi connectivity index (χ1) is 11.9. The van der Waals surface area contributed by atoms with Crippen LogP contribution in [-0.2, 0) is 0 Å². The van der Waals surface area contributed by atoms with Crippen molar-refractivity contribution < 1.29 is 23.5 Å². The highest BCUT2D eigenvalue weighted by atomic mass is 19.1. The molecule has 130 valence electrons. The Bertz CT molecular complexity index is 841. The maximum Gasteiger partial charge on any atom is 0.254 e. The molecule has 0 radical (unpaired) electrons. The molecule has 3 N–H and O–H groups in total. The minimum atomic E-state index is -0.851. The number of aliphatic hydroxyl groups is 1. The Morgan fingerprint density at radius 1 is 1.12 bits per heavy atom. The summed E-state index contributed by atoms with van der Waals surface area (Å²) in [5, 5.41) is 9.95. The highest BCUT2D eigenvalue weighted by Gasteiger charge is 2.37. The van der Waals surface area contributed by atoms with Gasteiger partial charge in [0.25, 0.3) is 5.91 Å². The van der Waals surface area contributed by atoms with Crippen molar-refractivity contribution in [1.82, 2.24) is 4.90 Å². The van der Waals surface area contributed by atoms with Crippen LogP contribution in [-0.4, -0.2) is 34.5 Å². The number of likely N-dealkylation sites (tertiary alicyclic amines) is 1. The van der Waals surface area contributed by atoms with Crippen LogP contribution < -0.4 is 5.73 Å². The van der Waals surface area contributed by atoms with Crippen LogP contribution in [0.15, 0.2) is 42.5 Å². The number of benzene rings is 2. The SMILES string of the molecule is NC(=O)c1cccc(C(=O)N2C[C@@H](O)C[C@@H]2c2cc(F)ccc2F)c1. The Morgan fingerprint density at radius 3 is 2.56 bits per heavy atom. The number of β-amino-alcohol motifs (C(OH)–C–C–N with tert-alkyl or cyclic N) is 1. The van der Waals surface area contributed by atoms with E-state index in [1.807, 2.05) is 0 Å². The molecule has 2 atom stereocenters. The van der Waals surface area contributed by atoms with E-state index in [0.717, 1.165) is 18.2 Å². The van der Waals surface area contributed by atoms with Crippen LogP contribution in [0.25, 0.3) is 0 Å². The molecule has 2 aromatic carbocycles. The molecule has 0 saturated carbocycles. The molecule has 25 heavy (non-hydrogen) atoms. The Labute approximate surface area is 142 Å². The standard InChI is InChI=1S/C18H16F2N2O3/c19-12-4-5-15(20)14(7-12)16-8-13(23)9-22(16)18(25)11-3-1-2-10(6-11)17(21)24/h1-7,13,16,23H,8-9H2,(H2,21,24)/t13-,16+/m0/s1. The summed E-state index contributed by atoms with van der Waals surface area (Å²) < 4.78 is 27.6. The summed E-state index contributed by atoms with van der Waals surface area (Å²) >= 11 is 0. The van der Waals surface area contributed by atoms with Gasteiger partial charge < -0.3 is 15.7 Å². The Morgan fingerprint density at radius 2 is 1.84 bits per heavy atom. The van der Waals surface area contributed by atoms with Crippen molar-refractivity contribution in [2.24, 2.45) is 5.73 Å². The van der Waals surface area contributed by atoms with E-state index in [4.69, 9.17) is 5.73 Å². The van der Waals surface area contributed by atoms with Crippen molar-refractivity contribution in [3.63, 3.8) is 0 Å². The third-order valence-corrected chi connectivity index (χ3v) is 4.25. The van der Waals surface area contributed by atoms with Crippen LogP contribution in [0.2, 0.25) is 0 Å². The molecule has 0 aromatic heterocycles. The van der Waals surface area contributed by atoms with E-state index in [1.54, 1.807) is 0 Å². The molecule has 1 fully saturated rings. The second kappa shape index (κ2) is 6.60. The van der Waals surface area contributed by atoms with Crippen LogP contribution in [0.3, 0.4) is 0 Å². The first-order valence-corrected chi connectivity index (χ1v) is 7.70. The fourth-order valence-electron chi connectivity index (χ4n) is 3.07. The molecule has 2 amide bonds. The van der Waals surface area contributed by atoms with Crippen molar-refractivity contribution in [2.45, 2.75) is 18.6 Å². The molecule has 5 nitrogen and oxygen atoms in total. The number of aliphatic hydroxyl groups excluding tert-OH is 1. The number of carbonyl (C=O) groups is 2. The molecule has 3 rings (SSSR count). The maximum absolute atomic E-state index is 14.1. The monoisotopic (exact) mass is 346 g/mol. The number of halogens is 2. The molecule has 1 saturated heterocycles. The molecule has 0 spiro atoms. The van der Waals surface area contributed by atoms with E-state index in [2.05, 4.69) is 0 Å². The zero-order chi connectivity index (χ0) is 18.1. The average molecular weight is 346 g/mol. The quantitative estimate of drug-likeness (QED) is 0.892. The molecule has 0 aliphatic carbocycles. The van der Waals surface area contributed by atoms with Gasteiger partial charge in [-0.15, -0.1) is 0 Å². The van der Waals surface area contributed by atoms with Gasteiger partial charge in [-0.05, 0) is 42.8 Å². The van der Waals surface area contributed by atoms with Crippen molar-refractivity contribution in [3.05, 3.63) is 70.8 Å². The second-order valence-electron chi connectivity index (χ2n) is 5.97. The number of amides is 2. The van der Waals surface area contributed by atoms with Gasteiger partial charge in [0.2, 0.25) is 5.91 Å². The van der Waals surface area contributed by atoms with Gasteiger partial charge >= 0.3 is 0 Å². The van der Waals surface area contributed by atoms with E-state index in [9.17, 15) is 23.5 Å². The molecule has 2 aromatic rings. The lowest BCUT2D eigenvalue weighted by atomic mass is 10.0. The summed E-state index contributed by atoms with van der Waals surface area (Å²) in [5.74, 6) is -2.44. The van der Waals surface area contributed by atoms with Crippen molar-refractivity contribution in [2.75, 3.05) is 6.54 Å². The minimum absolute atomic E-state index is 0.0101. The van der Waals surface area contributed by atoms with Crippen LogP contribution >= 0.6 is 0 Å². The van der Waals surface area contributed by atoms with E-state index < -0.39 is 35.6 Å². The van der Waals surface area contributed by atoms with Gasteiger partial charge in [-0.1, -0.05) is 6.07 Å². The van der Waals surface area contributed by atoms with Gasteiger partial charge in [-0.25, -0.2) is 8.78 Å². The van der Waals surface area contributed by atoms with Crippen LogP contribution in [0, 0.1) is 11.6 Å². The average Bonchev–Trinajstić information content (AvgIpc) is 2.98. The Balaban J connectivity index is 1.96. The normalized spacial score (nSPS) is 19.9. The van der Waals surface area contributed by atoms with Gasteiger partial charge in [0, 0.05) is 23.2 Å². The fraction of sp³-hybridized carbons (Fsp3) is 0.222. The van der Waals surface area contributed by atoms with Crippen molar-refractivity contribution in [3.8, 4) is 0 Å². The molecule has 1 aliphatic heterocycles. The molecule has 1 aliphatic rings. The van der Waals surface area contributed by atoms with Crippen LogP contribution in [0.4, 0.5) is 8.78 Å². The molecule has 0 unspecified atom stereocenters. The molecular formula is C18H16F2N2O3. The number of carbonyl (C=O) groups excluding carboxylic acids is 2. The van der Waals surface area contributed by atoms with E-state index in [-0.39, 0.29) is 29.7 Å². The van der Waals surface area contributed by atoms with E-state index in [0.29, 0.717) is 0 Å². The fourth-order valence-corrected chi connectivity index (χ4v) is 3.07. The molecule has 7 heteroatoms. The predicted octanol–water partition coefficient (Wildman–Crippen LogP) is 2.01. The van der Waals surface area contributed by atoms with Gasteiger partial charge in [0.1, 0.15) is 11.6 Å². The van der Waals surface area contributed by atoms with Gasteiger partial charge in [0.15, 0.2) is 0 Å². The number of primary amides is 1. The summed E-state index contributed by atoms with van der Waals surface area (Å²) in [6, 6.07) is 8.04. The summed E-state index contributed by atoms with van der Waals surface area (Å²) in [7, 11) is 0. The summed E-state index contributed by atoms with van der Waals surface area (Å²) in [6.07, 6.45) is -0.752. The molecular weight excluding hydrogens is 330 g/mol. The van der Waals surface area contributed by atoms with Crippen molar-refractivity contribution >= 4 is 11.8 Å². The Hall–Kier alpha value is -2.80. The summed E-state index contributed by atoms with van der Waals surface area (Å²) in [6.45, 7) is -0.0136. The van der Waals surface area contributed by atoms with Crippen molar-refractivity contribution in [1.29, 1.82) is 0 Å². The van der Waals surface area contributed by atoms with Crippen LogP contribution in [0.5, 0.6) is 0 Å². The zero-order valence-corrected chi connectivity index (χ0v) is 13.2. The molecule has 1 heterocycles. The summed E-state index contributed by atoms with van der Waals surface area (Å²) in [5.41, 5.74) is 5.58. The first-order valence-electron chi connectivity index (χ1n) is 7.70. The lowest BCUT2D eigenvalue weighted by Crippen LogP contribution is -2.32.